The lowest BCUT2D eigenvalue weighted by Crippen LogP contribution is -2.55. The Bertz CT molecular complexity index is 566. The van der Waals surface area contributed by atoms with Crippen LogP contribution in [0.2, 0.25) is 0 Å². The van der Waals surface area contributed by atoms with Gasteiger partial charge in [-0.05, 0) is 19.9 Å². The molecule has 21 heavy (non-hydrogen) atoms. The van der Waals surface area contributed by atoms with Crippen molar-refractivity contribution in [3.05, 3.63) is 29.5 Å². The predicted molar refractivity (Wildman–Crippen MR) is 76.1 cm³/mol. The molecule has 1 aromatic rings. The molecule has 0 unspecified atom stereocenters. The topological polar surface area (TPSA) is 19.4 Å². The maximum Gasteiger partial charge on any atom is 0.417 e. The number of halogens is 3. The highest BCUT2D eigenvalue weighted by atomic mass is 19.4. The summed E-state index contributed by atoms with van der Waals surface area (Å²) in [6, 6.07) is 1.85. The average Bonchev–Trinajstić information content (AvgIpc) is 2.44. The van der Waals surface area contributed by atoms with E-state index >= 15 is 0 Å². The second-order valence-electron chi connectivity index (χ2n) is 5.84. The third-order valence-electron chi connectivity index (χ3n) is 4.17. The van der Waals surface area contributed by atoms with E-state index in [4.69, 9.17) is 0 Å². The molecule has 3 rings (SSSR count). The highest BCUT2D eigenvalue weighted by Crippen LogP contribution is 2.35. The van der Waals surface area contributed by atoms with E-state index in [0.29, 0.717) is 17.4 Å². The van der Waals surface area contributed by atoms with Crippen LogP contribution in [0.5, 0.6) is 0 Å². The first-order chi connectivity index (χ1) is 9.86. The van der Waals surface area contributed by atoms with E-state index in [-0.39, 0.29) is 6.04 Å². The maximum atomic E-state index is 12.7. The fraction of sp³-hybridized carbons (Fsp3) is 0.533. The van der Waals surface area contributed by atoms with Crippen molar-refractivity contribution < 1.29 is 13.2 Å². The summed E-state index contributed by atoms with van der Waals surface area (Å²) in [6.45, 7) is 6.90. The first-order valence-electron chi connectivity index (χ1n) is 7.12. The second-order valence-corrected chi connectivity index (χ2v) is 5.84. The summed E-state index contributed by atoms with van der Waals surface area (Å²) < 4.78 is 38.2. The molecular weight excluding hydrogens is 279 g/mol. The van der Waals surface area contributed by atoms with Crippen molar-refractivity contribution in [2.75, 3.05) is 24.5 Å². The van der Waals surface area contributed by atoms with Crippen LogP contribution in [-0.4, -0.2) is 41.6 Å². The molecule has 1 atom stereocenters. The smallest absolute Gasteiger partial charge is 0.347 e. The van der Waals surface area contributed by atoms with Gasteiger partial charge in [-0.3, -0.25) is 4.90 Å². The number of aromatic nitrogens is 1. The van der Waals surface area contributed by atoms with Gasteiger partial charge in [0.15, 0.2) is 0 Å². The zero-order valence-electron chi connectivity index (χ0n) is 12.1. The van der Waals surface area contributed by atoms with Crippen molar-refractivity contribution in [2.24, 2.45) is 0 Å². The summed E-state index contributed by atoms with van der Waals surface area (Å²) in [5.74, 6) is 0.666. The van der Waals surface area contributed by atoms with E-state index < -0.39 is 11.7 Å². The molecule has 1 aromatic heterocycles. The van der Waals surface area contributed by atoms with Crippen LogP contribution in [0.3, 0.4) is 0 Å². The van der Waals surface area contributed by atoms with Crippen LogP contribution in [0.15, 0.2) is 18.3 Å². The van der Waals surface area contributed by atoms with Crippen molar-refractivity contribution in [2.45, 2.75) is 32.1 Å². The van der Waals surface area contributed by atoms with Gasteiger partial charge in [0.2, 0.25) is 0 Å². The Morgan fingerprint density at radius 1 is 1.29 bits per heavy atom. The number of fused-ring (bicyclic) bond motifs is 3. The van der Waals surface area contributed by atoms with Gasteiger partial charge in [-0.1, -0.05) is 12.2 Å². The minimum Gasteiger partial charge on any atom is -0.347 e. The molecule has 0 amide bonds. The molecule has 2 aliphatic rings. The number of piperazine rings is 1. The molecule has 0 saturated carbocycles. The zero-order chi connectivity index (χ0) is 15.2. The van der Waals surface area contributed by atoms with Gasteiger partial charge in [0, 0.05) is 37.4 Å². The first kappa shape index (κ1) is 14.4. The summed E-state index contributed by atoms with van der Waals surface area (Å²) in [5, 5.41) is 0. The second kappa shape index (κ2) is 5.02. The number of hydrogen-bond acceptors (Lipinski definition) is 3. The van der Waals surface area contributed by atoms with E-state index in [2.05, 4.69) is 28.6 Å². The van der Waals surface area contributed by atoms with Crippen LogP contribution in [0.25, 0.3) is 6.08 Å². The van der Waals surface area contributed by atoms with Gasteiger partial charge in [0.25, 0.3) is 0 Å². The molecule has 0 N–H and O–H groups in total. The highest BCUT2D eigenvalue weighted by molar-refractivity contribution is 5.70. The SMILES string of the molecule is CC(C)N1CCN2c3ncc(C(F)(F)F)cc3C=C[C@H]2C1. The van der Waals surface area contributed by atoms with Gasteiger partial charge in [-0.25, -0.2) is 4.98 Å². The monoisotopic (exact) mass is 297 g/mol. The van der Waals surface area contributed by atoms with Crippen molar-refractivity contribution in [3.8, 4) is 0 Å². The van der Waals surface area contributed by atoms with Gasteiger partial charge >= 0.3 is 6.18 Å². The Morgan fingerprint density at radius 2 is 2.05 bits per heavy atom. The van der Waals surface area contributed by atoms with Crippen LogP contribution < -0.4 is 4.90 Å². The highest BCUT2D eigenvalue weighted by Gasteiger charge is 2.34. The van der Waals surface area contributed by atoms with Gasteiger partial charge in [0.1, 0.15) is 5.82 Å². The van der Waals surface area contributed by atoms with E-state index in [1.165, 1.54) is 6.07 Å². The van der Waals surface area contributed by atoms with Crippen LogP contribution in [-0.2, 0) is 6.18 Å². The number of anilines is 1. The Morgan fingerprint density at radius 3 is 2.71 bits per heavy atom. The number of hydrogen-bond donors (Lipinski definition) is 0. The fourth-order valence-electron chi connectivity index (χ4n) is 2.94. The van der Waals surface area contributed by atoms with Gasteiger partial charge in [0.05, 0.1) is 11.6 Å². The van der Waals surface area contributed by atoms with E-state index in [9.17, 15) is 13.2 Å². The van der Waals surface area contributed by atoms with Gasteiger partial charge in [-0.2, -0.15) is 13.2 Å². The van der Waals surface area contributed by atoms with Gasteiger partial charge in [-0.15, -0.1) is 0 Å². The fourth-order valence-corrected chi connectivity index (χ4v) is 2.94. The minimum absolute atomic E-state index is 0.192. The lowest BCUT2D eigenvalue weighted by atomic mass is 10.0. The van der Waals surface area contributed by atoms with Crippen molar-refractivity contribution in [1.82, 2.24) is 9.88 Å². The van der Waals surface area contributed by atoms with Crippen molar-refractivity contribution in [3.63, 3.8) is 0 Å². The molecule has 0 aromatic carbocycles. The van der Waals surface area contributed by atoms with E-state index in [1.54, 1.807) is 6.08 Å². The quantitative estimate of drug-likeness (QED) is 0.794. The van der Waals surface area contributed by atoms with Crippen molar-refractivity contribution >= 4 is 11.9 Å². The van der Waals surface area contributed by atoms with Crippen molar-refractivity contribution in [1.29, 1.82) is 0 Å². The molecule has 1 saturated heterocycles. The van der Waals surface area contributed by atoms with Crippen LogP contribution in [0.4, 0.5) is 19.0 Å². The maximum absolute atomic E-state index is 12.7. The van der Waals surface area contributed by atoms with Gasteiger partial charge < -0.3 is 4.90 Å². The average molecular weight is 297 g/mol. The third-order valence-corrected chi connectivity index (χ3v) is 4.17. The first-order valence-corrected chi connectivity index (χ1v) is 7.12. The number of alkyl halides is 3. The lowest BCUT2D eigenvalue weighted by Gasteiger charge is -2.44. The minimum atomic E-state index is -4.34. The molecule has 114 valence electrons. The molecule has 3 nitrogen and oxygen atoms in total. The molecule has 2 aliphatic heterocycles. The van der Waals surface area contributed by atoms with Crippen LogP contribution in [0.1, 0.15) is 25.0 Å². The lowest BCUT2D eigenvalue weighted by molar-refractivity contribution is -0.137. The molecule has 0 bridgehead atoms. The molecular formula is C15H18F3N3. The number of rotatable bonds is 1. The Balaban J connectivity index is 1.89. The molecule has 0 radical (unpaired) electrons. The summed E-state index contributed by atoms with van der Waals surface area (Å²) in [4.78, 5) is 8.56. The Hall–Kier alpha value is -1.56. The zero-order valence-corrected chi connectivity index (χ0v) is 12.1. The predicted octanol–water partition coefficient (Wildman–Crippen LogP) is 3.03. The summed E-state index contributed by atoms with van der Waals surface area (Å²) >= 11 is 0. The van der Waals surface area contributed by atoms with E-state index in [0.717, 1.165) is 25.8 Å². The number of nitrogens with zero attached hydrogens (tertiary/aromatic N) is 3. The van der Waals surface area contributed by atoms with Crippen LogP contribution >= 0.6 is 0 Å². The summed E-state index contributed by atoms with van der Waals surface area (Å²) in [6.07, 6.45) is 0.341. The Kier molecular flexibility index (Phi) is 3.43. The summed E-state index contributed by atoms with van der Waals surface area (Å²) in [7, 11) is 0. The Labute approximate surface area is 122 Å². The molecule has 1 fully saturated rings. The molecule has 3 heterocycles. The molecule has 0 aliphatic carbocycles. The molecule has 0 spiro atoms. The van der Waals surface area contributed by atoms with E-state index in [1.807, 2.05) is 6.08 Å². The largest absolute Gasteiger partial charge is 0.417 e. The molecule has 6 heteroatoms. The number of pyridine rings is 1. The third kappa shape index (κ3) is 2.64. The normalized spacial score (nSPS) is 22.4. The van der Waals surface area contributed by atoms with Crippen LogP contribution in [0, 0.1) is 0 Å². The summed E-state index contributed by atoms with van der Waals surface area (Å²) in [5.41, 5.74) is -0.135. The standard InChI is InChI=1S/C15H18F3N3/c1-10(2)20-5-6-21-13(9-20)4-3-11-7-12(15(16,17)18)8-19-14(11)21/h3-4,7-8,10,13H,5-6,9H2,1-2H3/t13-/m0/s1.